The van der Waals surface area contributed by atoms with E-state index in [9.17, 15) is 9.50 Å². The van der Waals surface area contributed by atoms with E-state index in [4.69, 9.17) is 0 Å². The largest absolute Gasteiger partial charge is 0.383 e. The lowest BCUT2D eigenvalue weighted by atomic mass is 9.84. The molecule has 0 aliphatic carbocycles. The van der Waals surface area contributed by atoms with Crippen LogP contribution in [0.5, 0.6) is 0 Å². The van der Waals surface area contributed by atoms with Crippen molar-refractivity contribution in [2.75, 3.05) is 0 Å². The van der Waals surface area contributed by atoms with Crippen molar-refractivity contribution in [3.63, 3.8) is 0 Å². The summed E-state index contributed by atoms with van der Waals surface area (Å²) in [5.74, 6) is -0.357. The summed E-state index contributed by atoms with van der Waals surface area (Å²) in [4.78, 5) is 4.02. The van der Waals surface area contributed by atoms with Crippen LogP contribution < -0.4 is 5.32 Å². The smallest absolute Gasteiger partial charge is 0.141 e. The van der Waals surface area contributed by atoms with Crippen LogP contribution in [0, 0.1) is 5.82 Å². The maximum Gasteiger partial charge on any atom is 0.141 e. The van der Waals surface area contributed by atoms with E-state index in [2.05, 4.69) is 10.3 Å². The molecule has 4 heteroatoms. The summed E-state index contributed by atoms with van der Waals surface area (Å²) in [6, 6.07) is 3.73. The molecule has 0 saturated carbocycles. The fourth-order valence-electron chi connectivity index (χ4n) is 2.98. The van der Waals surface area contributed by atoms with Crippen LogP contribution >= 0.6 is 0 Å². The zero-order chi connectivity index (χ0) is 11.2. The van der Waals surface area contributed by atoms with Crippen LogP contribution in [0.3, 0.4) is 0 Å². The van der Waals surface area contributed by atoms with Crippen molar-refractivity contribution in [1.29, 1.82) is 0 Å². The van der Waals surface area contributed by atoms with Gasteiger partial charge in [0.05, 0.1) is 11.9 Å². The predicted octanol–water partition coefficient (Wildman–Crippen LogP) is 1.32. The van der Waals surface area contributed by atoms with Crippen molar-refractivity contribution < 1.29 is 9.50 Å². The third kappa shape index (κ3) is 1.62. The molecule has 16 heavy (non-hydrogen) atoms. The van der Waals surface area contributed by atoms with Gasteiger partial charge < -0.3 is 10.4 Å². The molecule has 0 amide bonds. The molecule has 2 unspecified atom stereocenters. The number of halogens is 1. The first-order valence-corrected chi connectivity index (χ1v) is 5.76. The molecule has 0 aromatic carbocycles. The monoisotopic (exact) mass is 222 g/mol. The normalized spacial score (nSPS) is 37.6. The molecule has 3 heterocycles. The van der Waals surface area contributed by atoms with Crippen LogP contribution in [0.4, 0.5) is 4.39 Å². The fraction of sp³-hybridized carbons (Fsp3) is 0.583. The quantitative estimate of drug-likeness (QED) is 0.753. The first-order chi connectivity index (χ1) is 7.66. The van der Waals surface area contributed by atoms with Crippen molar-refractivity contribution in [2.45, 2.75) is 43.4 Å². The molecule has 0 radical (unpaired) electrons. The number of rotatable bonds is 1. The minimum Gasteiger partial charge on any atom is -0.383 e. The van der Waals surface area contributed by atoms with Crippen LogP contribution in [0.1, 0.15) is 31.4 Å². The Morgan fingerprint density at radius 1 is 1.31 bits per heavy atom. The van der Waals surface area contributed by atoms with Crippen LogP contribution in [0.25, 0.3) is 0 Å². The predicted molar refractivity (Wildman–Crippen MR) is 57.3 cm³/mol. The summed E-state index contributed by atoms with van der Waals surface area (Å²) in [5.41, 5.74) is -0.266. The summed E-state index contributed by atoms with van der Waals surface area (Å²) in [5, 5.41) is 14.1. The second-order valence-corrected chi connectivity index (χ2v) is 4.94. The minimum absolute atomic E-state index is 0.357. The number of pyridine rings is 1. The lowest BCUT2D eigenvalue weighted by Gasteiger charge is -2.36. The van der Waals surface area contributed by atoms with E-state index in [-0.39, 0.29) is 5.82 Å². The molecule has 1 aromatic heterocycles. The van der Waals surface area contributed by atoms with E-state index < -0.39 is 5.60 Å². The van der Waals surface area contributed by atoms with Gasteiger partial charge in [-0.3, -0.25) is 4.98 Å². The SMILES string of the molecule is OC1(c2ccc(F)cn2)CC2CCC(C1)N2. The van der Waals surface area contributed by atoms with E-state index >= 15 is 0 Å². The van der Waals surface area contributed by atoms with Gasteiger partial charge in [-0.15, -0.1) is 0 Å². The first kappa shape index (κ1) is 10.2. The fourth-order valence-corrected chi connectivity index (χ4v) is 2.98. The maximum atomic E-state index is 12.8. The van der Waals surface area contributed by atoms with Gasteiger partial charge in [-0.2, -0.15) is 0 Å². The number of aliphatic hydroxyl groups is 1. The summed E-state index contributed by atoms with van der Waals surface area (Å²) < 4.78 is 12.8. The van der Waals surface area contributed by atoms with Gasteiger partial charge in [0.1, 0.15) is 11.4 Å². The molecule has 2 fully saturated rings. The summed E-state index contributed by atoms with van der Waals surface area (Å²) >= 11 is 0. The standard InChI is InChI=1S/C12H15FN2O/c13-8-1-4-11(14-7-8)12(16)5-9-2-3-10(6-12)15-9/h1,4,7,9-10,15-16H,2-3,5-6H2. The Kier molecular flexibility index (Phi) is 2.23. The Balaban J connectivity index is 1.90. The van der Waals surface area contributed by atoms with Gasteiger partial charge in [-0.05, 0) is 37.8 Å². The Morgan fingerprint density at radius 2 is 2.00 bits per heavy atom. The number of hydrogen-bond donors (Lipinski definition) is 2. The molecule has 1 aromatic rings. The van der Waals surface area contributed by atoms with E-state index in [1.165, 1.54) is 12.3 Å². The second kappa shape index (κ2) is 3.50. The van der Waals surface area contributed by atoms with Crippen LogP contribution in [-0.2, 0) is 5.60 Å². The molecule has 3 rings (SSSR count). The number of piperidine rings is 1. The van der Waals surface area contributed by atoms with E-state index in [1.807, 2.05) is 0 Å². The van der Waals surface area contributed by atoms with Crippen molar-refractivity contribution in [3.05, 3.63) is 29.8 Å². The molecular weight excluding hydrogens is 207 g/mol. The lowest BCUT2D eigenvalue weighted by Crippen LogP contribution is -2.47. The zero-order valence-corrected chi connectivity index (χ0v) is 8.99. The second-order valence-electron chi connectivity index (χ2n) is 4.94. The van der Waals surface area contributed by atoms with Gasteiger partial charge in [-0.1, -0.05) is 0 Å². The van der Waals surface area contributed by atoms with Gasteiger partial charge in [0.15, 0.2) is 0 Å². The van der Waals surface area contributed by atoms with Gasteiger partial charge >= 0.3 is 0 Å². The number of fused-ring (bicyclic) bond motifs is 2. The zero-order valence-electron chi connectivity index (χ0n) is 8.99. The Morgan fingerprint density at radius 3 is 2.56 bits per heavy atom. The summed E-state index contributed by atoms with van der Waals surface area (Å²) in [6.07, 6.45) is 4.78. The molecule has 2 bridgehead atoms. The number of hydrogen-bond acceptors (Lipinski definition) is 3. The highest BCUT2D eigenvalue weighted by molar-refractivity contribution is 5.17. The molecule has 2 aliphatic rings. The van der Waals surface area contributed by atoms with Crippen molar-refractivity contribution in [1.82, 2.24) is 10.3 Å². The summed E-state index contributed by atoms with van der Waals surface area (Å²) in [6.45, 7) is 0. The van der Waals surface area contributed by atoms with Gasteiger partial charge in [0, 0.05) is 12.1 Å². The minimum atomic E-state index is -0.870. The highest BCUT2D eigenvalue weighted by Crippen LogP contribution is 2.39. The molecule has 2 aliphatic heterocycles. The molecule has 2 N–H and O–H groups in total. The van der Waals surface area contributed by atoms with E-state index in [0.717, 1.165) is 12.8 Å². The van der Waals surface area contributed by atoms with Crippen LogP contribution in [0.2, 0.25) is 0 Å². The average molecular weight is 222 g/mol. The number of nitrogens with zero attached hydrogens (tertiary/aromatic N) is 1. The Bertz CT molecular complexity index is 381. The van der Waals surface area contributed by atoms with Gasteiger partial charge in [-0.25, -0.2) is 4.39 Å². The van der Waals surface area contributed by atoms with Crippen LogP contribution in [-0.4, -0.2) is 22.2 Å². The highest BCUT2D eigenvalue weighted by Gasteiger charge is 2.44. The lowest BCUT2D eigenvalue weighted by molar-refractivity contribution is -0.0153. The molecule has 2 atom stereocenters. The van der Waals surface area contributed by atoms with Crippen molar-refractivity contribution >= 4 is 0 Å². The molecule has 0 spiro atoms. The van der Waals surface area contributed by atoms with E-state index in [1.54, 1.807) is 6.07 Å². The number of aromatic nitrogens is 1. The number of nitrogens with one attached hydrogen (secondary N) is 1. The molecule has 86 valence electrons. The van der Waals surface area contributed by atoms with E-state index in [0.29, 0.717) is 30.6 Å². The van der Waals surface area contributed by atoms with Crippen molar-refractivity contribution in [2.24, 2.45) is 0 Å². The Labute approximate surface area is 93.7 Å². The van der Waals surface area contributed by atoms with Crippen LogP contribution in [0.15, 0.2) is 18.3 Å². The molecular formula is C12H15FN2O. The third-order valence-corrected chi connectivity index (χ3v) is 3.71. The Hall–Kier alpha value is -1.00. The van der Waals surface area contributed by atoms with Crippen molar-refractivity contribution in [3.8, 4) is 0 Å². The maximum absolute atomic E-state index is 12.8. The summed E-state index contributed by atoms with van der Waals surface area (Å²) in [7, 11) is 0. The molecule has 2 saturated heterocycles. The topological polar surface area (TPSA) is 45.2 Å². The average Bonchev–Trinajstić information content (AvgIpc) is 2.59. The molecule has 3 nitrogen and oxygen atoms in total. The first-order valence-electron chi connectivity index (χ1n) is 5.76. The van der Waals surface area contributed by atoms with Gasteiger partial charge in [0.25, 0.3) is 0 Å². The third-order valence-electron chi connectivity index (χ3n) is 3.71. The highest BCUT2D eigenvalue weighted by atomic mass is 19.1. The van der Waals surface area contributed by atoms with Gasteiger partial charge in [0.2, 0.25) is 0 Å².